The van der Waals surface area contributed by atoms with Crippen LogP contribution in [0.3, 0.4) is 0 Å². The highest BCUT2D eigenvalue weighted by Crippen LogP contribution is 2.23. The molecule has 1 rings (SSSR count). The van der Waals surface area contributed by atoms with Crippen molar-refractivity contribution < 1.29 is 4.79 Å². The number of nitriles is 1. The topological polar surface area (TPSA) is 44.1 Å². The van der Waals surface area contributed by atoms with Crippen molar-refractivity contribution in [2.24, 2.45) is 5.92 Å². The number of carbonyl (C=O) groups is 1. The average Bonchev–Trinajstić information content (AvgIpc) is 2.76. The van der Waals surface area contributed by atoms with Crippen LogP contribution in [0.1, 0.15) is 40.9 Å². The van der Waals surface area contributed by atoms with Crippen molar-refractivity contribution in [3.8, 4) is 6.07 Å². The zero-order valence-electron chi connectivity index (χ0n) is 11.5. The van der Waals surface area contributed by atoms with E-state index in [1.54, 1.807) is 16.2 Å². The Hall–Kier alpha value is -1.34. The van der Waals surface area contributed by atoms with Gasteiger partial charge in [0, 0.05) is 18.0 Å². The largest absolute Gasteiger partial charge is 0.337 e. The quantitative estimate of drug-likeness (QED) is 0.819. The SMILES string of the molecule is CCc1sc(C(=O)N(CC)CC(C)C#N)cc1C. The summed E-state index contributed by atoms with van der Waals surface area (Å²) in [5, 5.41) is 8.83. The maximum Gasteiger partial charge on any atom is 0.263 e. The Bertz CT molecular complexity index is 459. The number of thiophene rings is 1. The summed E-state index contributed by atoms with van der Waals surface area (Å²) >= 11 is 1.57. The van der Waals surface area contributed by atoms with Crippen LogP contribution in [0.25, 0.3) is 0 Å². The number of nitrogens with zero attached hydrogens (tertiary/aromatic N) is 2. The lowest BCUT2D eigenvalue weighted by atomic mass is 10.2. The van der Waals surface area contributed by atoms with Gasteiger partial charge < -0.3 is 4.90 Å². The Kier molecular flexibility index (Phi) is 5.36. The molecule has 0 aliphatic carbocycles. The maximum absolute atomic E-state index is 12.3. The van der Waals surface area contributed by atoms with Crippen LogP contribution in [0.4, 0.5) is 0 Å². The summed E-state index contributed by atoms with van der Waals surface area (Å²) in [5.41, 5.74) is 1.19. The summed E-state index contributed by atoms with van der Waals surface area (Å²) < 4.78 is 0. The fourth-order valence-electron chi connectivity index (χ4n) is 1.86. The van der Waals surface area contributed by atoms with E-state index in [1.807, 2.05) is 26.8 Å². The van der Waals surface area contributed by atoms with Crippen LogP contribution in [0.2, 0.25) is 0 Å². The molecular formula is C14H20N2OS. The highest BCUT2D eigenvalue weighted by Gasteiger charge is 2.19. The first-order valence-electron chi connectivity index (χ1n) is 6.31. The van der Waals surface area contributed by atoms with Crippen molar-refractivity contribution in [1.82, 2.24) is 4.90 Å². The Morgan fingerprint density at radius 3 is 2.67 bits per heavy atom. The zero-order valence-corrected chi connectivity index (χ0v) is 12.3. The lowest BCUT2D eigenvalue weighted by Gasteiger charge is -2.21. The van der Waals surface area contributed by atoms with E-state index in [2.05, 4.69) is 13.0 Å². The molecule has 0 aromatic carbocycles. The Morgan fingerprint density at radius 2 is 2.22 bits per heavy atom. The van der Waals surface area contributed by atoms with Gasteiger partial charge in [-0.05, 0) is 38.8 Å². The molecule has 1 atom stereocenters. The summed E-state index contributed by atoms with van der Waals surface area (Å²) in [4.78, 5) is 16.1. The van der Waals surface area contributed by atoms with Crippen molar-refractivity contribution in [2.45, 2.75) is 34.1 Å². The monoisotopic (exact) mass is 264 g/mol. The second-order valence-corrected chi connectivity index (χ2v) is 5.58. The van der Waals surface area contributed by atoms with E-state index in [9.17, 15) is 4.79 Å². The van der Waals surface area contributed by atoms with Crippen LogP contribution in [-0.4, -0.2) is 23.9 Å². The fraction of sp³-hybridized carbons (Fsp3) is 0.571. The van der Waals surface area contributed by atoms with Gasteiger partial charge in [-0.3, -0.25) is 4.79 Å². The number of amides is 1. The lowest BCUT2D eigenvalue weighted by Crippen LogP contribution is -2.33. The number of hydrogen-bond donors (Lipinski definition) is 0. The molecular weight excluding hydrogens is 244 g/mol. The molecule has 0 bridgehead atoms. The molecule has 0 N–H and O–H groups in total. The van der Waals surface area contributed by atoms with E-state index < -0.39 is 0 Å². The molecule has 0 saturated heterocycles. The smallest absolute Gasteiger partial charge is 0.263 e. The van der Waals surface area contributed by atoms with Gasteiger partial charge in [-0.2, -0.15) is 5.26 Å². The van der Waals surface area contributed by atoms with Gasteiger partial charge in [-0.15, -0.1) is 11.3 Å². The van der Waals surface area contributed by atoms with Crippen LogP contribution in [0.15, 0.2) is 6.07 Å². The summed E-state index contributed by atoms with van der Waals surface area (Å²) in [7, 11) is 0. The Balaban J connectivity index is 2.86. The number of rotatable bonds is 5. The third-order valence-corrected chi connectivity index (χ3v) is 4.31. The molecule has 1 aromatic rings. The van der Waals surface area contributed by atoms with E-state index in [4.69, 9.17) is 5.26 Å². The molecule has 0 radical (unpaired) electrons. The first-order chi connectivity index (χ1) is 8.53. The molecule has 4 heteroatoms. The molecule has 3 nitrogen and oxygen atoms in total. The maximum atomic E-state index is 12.3. The van der Waals surface area contributed by atoms with Crippen molar-refractivity contribution in [3.63, 3.8) is 0 Å². The Morgan fingerprint density at radius 1 is 1.56 bits per heavy atom. The highest BCUT2D eigenvalue weighted by molar-refractivity contribution is 7.14. The molecule has 98 valence electrons. The second kappa shape index (κ2) is 6.55. The average molecular weight is 264 g/mol. The minimum Gasteiger partial charge on any atom is -0.337 e. The third-order valence-electron chi connectivity index (χ3n) is 2.94. The van der Waals surface area contributed by atoms with Gasteiger partial charge in [-0.1, -0.05) is 6.92 Å². The van der Waals surface area contributed by atoms with Gasteiger partial charge in [0.1, 0.15) is 0 Å². The number of aryl methyl sites for hydroxylation is 2. The molecule has 0 aliphatic heterocycles. The molecule has 18 heavy (non-hydrogen) atoms. The summed E-state index contributed by atoms with van der Waals surface area (Å²) in [6.07, 6.45) is 0.963. The van der Waals surface area contributed by atoms with Gasteiger partial charge in [0.2, 0.25) is 0 Å². The molecule has 1 amide bonds. The molecule has 0 saturated carbocycles. The predicted octanol–water partition coefficient (Wildman–Crippen LogP) is 3.24. The first-order valence-corrected chi connectivity index (χ1v) is 7.13. The molecule has 0 spiro atoms. The molecule has 1 unspecified atom stereocenters. The van der Waals surface area contributed by atoms with Crippen LogP contribution < -0.4 is 0 Å². The summed E-state index contributed by atoms with van der Waals surface area (Å²) in [5.74, 6) is -0.0759. The van der Waals surface area contributed by atoms with Gasteiger partial charge in [0.25, 0.3) is 5.91 Å². The zero-order chi connectivity index (χ0) is 13.7. The standard InChI is InChI=1S/C14H20N2OS/c1-5-12-11(4)7-13(18-12)14(17)16(6-2)9-10(3)8-15/h7,10H,5-6,9H2,1-4H3. The minimum atomic E-state index is -0.124. The molecule has 0 aliphatic rings. The van der Waals surface area contributed by atoms with Gasteiger partial charge in [0.15, 0.2) is 0 Å². The van der Waals surface area contributed by atoms with Crippen molar-refractivity contribution in [2.75, 3.05) is 13.1 Å². The van der Waals surface area contributed by atoms with E-state index in [-0.39, 0.29) is 11.8 Å². The van der Waals surface area contributed by atoms with Crippen LogP contribution in [0.5, 0.6) is 0 Å². The van der Waals surface area contributed by atoms with Crippen LogP contribution in [0, 0.1) is 24.2 Å². The van der Waals surface area contributed by atoms with E-state index in [0.717, 1.165) is 11.3 Å². The van der Waals surface area contributed by atoms with Gasteiger partial charge >= 0.3 is 0 Å². The third kappa shape index (κ3) is 3.33. The van der Waals surface area contributed by atoms with Gasteiger partial charge in [-0.25, -0.2) is 0 Å². The molecule has 1 aromatic heterocycles. The normalized spacial score (nSPS) is 11.9. The van der Waals surface area contributed by atoms with Crippen LogP contribution >= 0.6 is 11.3 Å². The minimum absolute atomic E-state index is 0.0485. The van der Waals surface area contributed by atoms with E-state index >= 15 is 0 Å². The van der Waals surface area contributed by atoms with Crippen molar-refractivity contribution in [1.29, 1.82) is 5.26 Å². The number of carbonyl (C=O) groups excluding carboxylic acids is 1. The highest BCUT2D eigenvalue weighted by atomic mass is 32.1. The van der Waals surface area contributed by atoms with Crippen molar-refractivity contribution >= 4 is 17.2 Å². The molecule has 1 heterocycles. The summed E-state index contributed by atoms with van der Waals surface area (Å²) in [6, 6.07) is 4.14. The van der Waals surface area contributed by atoms with Gasteiger partial charge in [0.05, 0.1) is 16.9 Å². The number of hydrogen-bond acceptors (Lipinski definition) is 3. The second-order valence-electron chi connectivity index (χ2n) is 4.44. The molecule has 0 fully saturated rings. The van der Waals surface area contributed by atoms with E-state index in [0.29, 0.717) is 13.1 Å². The Labute approximate surface area is 113 Å². The van der Waals surface area contributed by atoms with E-state index in [1.165, 1.54) is 10.4 Å². The van der Waals surface area contributed by atoms with Crippen molar-refractivity contribution in [3.05, 3.63) is 21.4 Å². The van der Waals surface area contributed by atoms with Crippen LogP contribution in [-0.2, 0) is 6.42 Å². The first kappa shape index (κ1) is 14.7. The fourth-order valence-corrected chi connectivity index (χ4v) is 2.94. The summed E-state index contributed by atoms with van der Waals surface area (Å²) in [6.45, 7) is 9.08. The predicted molar refractivity (Wildman–Crippen MR) is 74.8 cm³/mol. The lowest BCUT2D eigenvalue weighted by molar-refractivity contribution is 0.0757.